The van der Waals surface area contributed by atoms with Crippen LogP contribution in [0, 0.1) is 11.3 Å². The Morgan fingerprint density at radius 1 is 1.08 bits per heavy atom. The number of hydrogen-bond acceptors (Lipinski definition) is 4. The van der Waals surface area contributed by atoms with E-state index in [1.54, 1.807) is 12.1 Å². The van der Waals surface area contributed by atoms with Gasteiger partial charge in [0.1, 0.15) is 11.4 Å². The molecule has 1 aliphatic heterocycles. The highest BCUT2D eigenvalue weighted by atomic mass is 16.4. The molecular weight excluding hydrogens is 466 g/mol. The van der Waals surface area contributed by atoms with Crippen molar-refractivity contribution in [3.8, 4) is 0 Å². The predicted molar refractivity (Wildman–Crippen MR) is 143 cm³/mol. The van der Waals surface area contributed by atoms with Crippen LogP contribution >= 0.6 is 0 Å². The maximum Gasteiger partial charge on any atom is 0.305 e. The third-order valence-corrected chi connectivity index (χ3v) is 7.92. The number of rotatable bonds is 7. The molecule has 2 N–H and O–H groups in total. The van der Waals surface area contributed by atoms with E-state index >= 15 is 0 Å². The van der Waals surface area contributed by atoms with E-state index < -0.39 is 11.6 Å². The fraction of sp³-hybridized carbons (Fsp3) is 0.467. The first-order valence-electron chi connectivity index (χ1n) is 13.1. The molecule has 1 saturated carbocycles. The largest absolute Gasteiger partial charge is 0.481 e. The lowest BCUT2D eigenvalue weighted by Crippen LogP contribution is -2.50. The molecule has 0 bridgehead atoms. The van der Waals surface area contributed by atoms with Gasteiger partial charge in [0.2, 0.25) is 0 Å². The van der Waals surface area contributed by atoms with Crippen molar-refractivity contribution in [3.63, 3.8) is 0 Å². The zero-order valence-corrected chi connectivity index (χ0v) is 22.2. The molecule has 1 spiro atoms. The maximum absolute atomic E-state index is 13.9. The Morgan fingerprint density at radius 2 is 1.70 bits per heavy atom. The van der Waals surface area contributed by atoms with Crippen LogP contribution in [0.3, 0.4) is 0 Å². The summed E-state index contributed by atoms with van der Waals surface area (Å²) in [5, 5.41) is 11.4. The van der Waals surface area contributed by atoms with Crippen LogP contribution in [-0.4, -0.2) is 45.7 Å². The van der Waals surface area contributed by atoms with Gasteiger partial charge >= 0.3 is 5.97 Å². The van der Waals surface area contributed by atoms with E-state index in [4.69, 9.17) is 10.1 Å². The lowest BCUT2D eigenvalue weighted by molar-refractivity contribution is -0.137. The Morgan fingerprint density at radius 3 is 2.27 bits per heavy atom. The molecule has 1 heterocycles. The van der Waals surface area contributed by atoms with Crippen LogP contribution in [0.25, 0.3) is 0 Å². The second-order valence-electron chi connectivity index (χ2n) is 11.3. The number of carbonyl (C=O) groups excluding carboxylic acids is 2. The van der Waals surface area contributed by atoms with Crippen molar-refractivity contribution in [2.24, 2.45) is 16.3 Å². The van der Waals surface area contributed by atoms with Crippen LogP contribution in [0.2, 0.25) is 0 Å². The highest BCUT2D eigenvalue weighted by Crippen LogP contribution is 2.49. The van der Waals surface area contributed by atoms with Crippen LogP contribution in [-0.2, 0) is 9.59 Å². The molecule has 4 rings (SSSR count). The molecule has 1 aliphatic carbocycles. The fourth-order valence-electron chi connectivity index (χ4n) is 5.68. The Hall–Kier alpha value is -3.48. The summed E-state index contributed by atoms with van der Waals surface area (Å²) in [7, 11) is 0. The number of nitrogens with one attached hydrogen (secondary N) is 1. The van der Waals surface area contributed by atoms with Gasteiger partial charge in [-0.2, -0.15) is 0 Å². The molecule has 1 unspecified atom stereocenters. The number of benzene rings is 2. The number of amides is 2. The SMILES string of the molecule is CC(c1ccc(C(=O)NCCC(=O)O)cc1)N1C(=O)C(c2ccccc2)=NC12CCC(C(C)(C)C)CC2. The molecule has 2 aliphatic rings. The number of hydrogen-bond donors (Lipinski definition) is 2. The lowest BCUT2D eigenvalue weighted by Gasteiger charge is -2.46. The van der Waals surface area contributed by atoms with E-state index in [2.05, 4.69) is 26.1 Å². The van der Waals surface area contributed by atoms with Gasteiger partial charge in [0.05, 0.1) is 12.5 Å². The van der Waals surface area contributed by atoms with Crippen LogP contribution in [0.5, 0.6) is 0 Å². The van der Waals surface area contributed by atoms with Gasteiger partial charge in [0.25, 0.3) is 11.8 Å². The molecule has 0 saturated heterocycles. The summed E-state index contributed by atoms with van der Waals surface area (Å²) < 4.78 is 0. The number of aliphatic carboxylic acids is 1. The van der Waals surface area contributed by atoms with E-state index in [-0.39, 0.29) is 36.2 Å². The average molecular weight is 504 g/mol. The van der Waals surface area contributed by atoms with Crippen molar-refractivity contribution >= 4 is 23.5 Å². The topological polar surface area (TPSA) is 99.1 Å². The summed E-state index contributed by atoms with van der Waals surface area (Å²) in [6.45, 7) is 8.96. The first-order chi connectivity index (χ1) is 17.5. The van der Waals surface area contributed by atoms with Crippen molar-refractivity contribution in [1.82, 2.24) is 10.2 Å². The monoisotopic (exact) mass is 503 g/mol. The number of carbonyl (C=O) groups is 3. The third kappa shape index (κ3) is 5.60. The van der Waals surface area contributed by atoms with Gasteiger partial charge in [-0.1, -0.05) is 63.2 Å². The maximum atomic E-state index is 13.9. The minimum absolute atomic E-state index is 0.0524. The summed E-state index contributed by atoms with van der Waals surface area (Å²) in [6.07, 6.45) is 3.55. The fourth-order valence-corrected chi connectivity index (χ4v) is 5.68. The molecule has 1 fully saturated rings. The number of nitrogens with zero attached hydrogens (tertiary/aromatic N) is 2. The average Bonchev–Trinajstić information content (AvgIpc) is 3.14. The first-order valence-corrected chi connectivity index (χ1v) is 13.1. The van der Waals surface area contributed by atoms with Gasteiger partial charge in [0.15, 0.2) is 0 Å². The van der Waals surface area contributed by atoms with E-state index in [1.165, 1.54) is 0 Å². The lowest BCUT2D eigenvalue weighted by atomic mass is 9.69. The number of aliphatic imine (C=N–C) groups is 1. The zero-order chi connectivity index (χ0) is 26.8. The van der Waals surface area contributed by atoms with E-state index in [1.807, 2.05) is 54.3 Å². The Kier molecular flexibility index (Phi) is 7.53. The van der Waals surface area contributed by atoms with E-state index in [0.29, 0.717) is 17.2 Å². The molecule has 7 nitrogen and oxygen atoms in total. The first kappa shape index (κ1) is 26.6. The molecule has 2 aromatic rings. The van der Waals surface area contributed by atoms with E-state index in [9.17, 15) is 14.4 Å². The quantitative estimate of drug-likeness (QED) is 0.541. The predicted octanol–water partition coefficient (Wildman–Crippen LogP) is 5.22. The van der Waals surface area contributed by atoms with Crippen LogP contribution in [0.1, 0.15) is 87.3 Å². The summed E-state index contributed by atoms with van der Waals surface area (Å²) in [4.78, 5) is 44.1. The van der Waals surface area contributed by atoms with Gasteiger partial charge in [-0.15, -0.1) is 0 Å². The van der Waals surface area contributed by atoms with Gasteiger partial charge in [0, 0.05) is 17.7 Å². The Bertz CT molecular complexity index is 1170. The van der Waals surface area contributed by atoms with Crippen molar-refractivity contribution in [1.29, 1.82) is 0 Å². The van der Waals surface area contributed by atoms with Crippen molar-refractivity contribution in [2.75, 3.05) is 6.54 Å². The molecule has 0 radical (unpaired) electrons. The van der Waals surface area contributed by atoms with Crippen LogP contribution < -0.4 is 5.32 Å². The molecule has 1 atom stereocenters. The van der Waals surface area contributed by atoms with E-state index in [0.717, 1.165) is 36.8 Å². The van der Waals surface area contributed by atoms with Crippen molar-refractivity contribution in [2.45, 2.75) is 71.5 Å². The summed E-state index contributed by atoms with van der Waals surface area (Å²) in [5.41, 5.74) is 2.39. The van der Waals surface area contributed by atoms with Crippen LogP contribution in [0.4, 0.5) is 0 Å². The minimum atomic E-state index is -0.956. The molecule has 0 aromatic heterocycles. The standard InChI is InChI=1S/C30H37N3O4/c1-20(21-10-12-23(13-11-21)27(36)31-19-16-25(34)35)33-28(37)26(22-8-6-5-7-9-22)32-30(33)17-14-24(15-18-30)29(2,3)4/h5-13,20,24H,14-19H2,1-4H3,(H,31,36)(H,34,35). The van der Waals surface area contributed by atoms with Crippen molar-refractivity contribution < 1.29 is 19.5 Å². The number of carboxylic acid groups (broad SMARTS) is 1. The molecule has 37 heavy (non-hydrogen) atoms. The minimum Gasteiger partial charge on any atom is -0.481 e. The Labute approximate surface area is 219 Å². The normalized spacial score (nSPS) is 22.6. The van der Waals surface area contributed by atoms with Crippen molar-refractivity contribution in [3.05, 3.63) is 71.3 Å². The van der Waals surface area contributed by atoms with Crippen LogP contribution in [0.15, 0.2) is 59.6 Å². The van der Waals surface area contributed by atoms with Gasteiger partial charge < -0.3 is 15.3 Å². The van der Waals surface area contributed by atoms with Gasteiger partial charge in [-0.25, -0.2) is 0 Å². The van der Waals surface area contributed by atoms with Gasteiger partial charge in [-0.3, -0.25) is 19.4 Å². The summed E-state index contributed by atoms with van der Waals surface area (Å²) in [5.74, 6) is -0.740. The van der Waals surface area contributed by atoms with Gasteiger partial charge in [-0.05, 0) is 61.6 Å². The zero-order valence-electron chi connectivity index (χ0n) is 22.2. The summed E-state index contributed by atoms with van der Waals surface area (Å²) in [6, 6.07) is 16.7. The highest BCUT2D eigenvalue weighted by Gasteiger charge is 2.51. The molecular formula is C30H37N3O4. The second-order valence-corrected chi connectivity index (χ2v) is 11.3. The smallest absolute Gasteiger partial charge is 0.305 e. The summed E-state index contributed by atoms with van der Waals surface area (Å²) >= 11 is 0. The highest BCUT2D eigenvalue weighted by molar-refractivity contribution is 6.46. The molecule has 2 amide bonds. The molecule has 7 heteroatoms. The second kappa shape index (κ2) is 10.5. The number of carboxylic acids is 1. The molecule has 196 valence electrons. The third-order valence-electron chi connectivity index (χ3n) is 7.92. The molecule has 2 aromatic carbocycles. The Balaban J connectivity index is 1.59.